The zero-order valence-electron chi connectivity index (χ0n) is 12.4. The van der Waals surface area contributed by atoms with Gasteiger partial charge in [0, 0.05) is 25.3 Å². The number of hydrogen-bond donors (Lipinski definition) is 2. The quantitative estimate of drug-likeness (QED) is 0.589. The number of nitro groups is 1. The molecule has 0 heterocycles. The van der Waals surface area contributed by atoms with Crippen LogP contribution in [0.4, 0.5) is 5.69 Å². The summed E-state index contributed by atoms with van der Waals surface area (Å²) in [6.45, 7) is 4.20. The molecule has 0 saturated heterocycles. The smallest absolute Gasteiger partial charge is 0.270 e. The van der Waals surface area contributed by atoms with Crippen LogP contribution in [0.1, 0.15) is 30.6 Å². The van der Waals surface area contributed by atoms with Crippen LogP contribution in [0.25, 0.3) is 0 Å². The van der Waals surface area contributed by atoms with Crippen LogP contribution >= 0.6 is 0 Å². The molecule has 0 saturated carbocycles. The van der Waals surface area contributed by atoms with Gasteiger partial charge in [-0.2, -0.15) is 0 Å². The van der Waals surface area contributed by atoms with Crippen molar-refractivity contribution in [2.75, 3.05) is 20.3 Å². The maximum atomic E-state index is 12.2. The number of benzene rings is 1. The van der Waals surface area contributed by atoms with E-state index < -0.39 is 10.8 Å². The molecule has 0 aliphatic rings. The first-order valence-corrected chi connectivity index (χ1v) is 6.52. The first-order chi connectivity index (χ1) is 9.80. The van der Waals surface area contributed by atoms with E-state index in [0.717, 1.165) is 0 Å². The van der Waals surface area contributed by atoms with Gasteiger partial charge in [-0.05, 0) is 17.9 Å². The molecule has 7 heteroatoms. The lowest BCUT2D eigenvalue weighted by atomic mass is 9.89. The average Bonchev–Trinajstić information content (AvgIpc) is 2.44. The fraction of sp³-hybridized carbons (Fsp3) is 0.500. The van der Waals surface area contributed by atoms with E-state index in [-0.39, 0.29) is 29.0 Å². The monoisotopic (exact) mass is 296 g/mol. The number of carbonyl (C=O) groups excluding carboxylic acids is 1. The van der Waals surface area contributed by atoms with Crippen molar-refractivity contribution in [2.45, 2.75) is 20.3 Å². The summed E-state index contributed by atoms with van der Waals surface area (Å²) in [6, 6.07) is 3.87. The standard InChI is InChI=1S/C14H20N2O5/c1-14(2,6-7-17)9-15-13(18)11-8-10(16(19)20)4-5-12(11)21-3/h4-5,8,17H,6-7,9H2,1-3H3,(H,15,18). The minimum atomic E-state index is -0.564. The first kappa shape index (κ1) is 16.9. The number of nitrogens with zero attached hydrogens (tertiary/aromatic N) is 1. The second-order valence-corrected chi connectivity index (χ2v) is 5.46. The Morgan fingerprint density at radius 1 is 1.48 bits per heavy atom. The Morgan fingerprint density at radius 2 is 2.14 bits per heavy atom. The van der Waals surface area contributed by atoms with Crippen LogP contribution in [0.3, 0.4) is 0 Å². The summed E-state index contributed by atoms with van der Waals surface area (Å²) < 4.78 is 5.06. The van der Waals surface area contributed by atoms with Gasteiger partial charge in [-0.15, -0.1) is 0 Å². The van der Waals surface area contributed by atoms with Crippen molar-refractivity contribution in [2.24, 2.45) is 5.41 Å². The summed E-state index contributed by atoms with van der Waals surface area (Å²) in [4.78, 5) is 22.4. The van der Waals surface area contributed by atoms with Crippen molar-refractivity contribution in [3.63, 3.8) is 0 Å². The molecule has 0 aromatic heterocycles. The molecule has 0 aliphatic heterocycles. The molecule has 0 aliphatic carbocycles. The molecule has 1 aromatic carbocycles. The number of methoxy groups -OCH3 is 1. The Balaban J connectivity index is 2.90. The van der Waals surface area contributed by atoms with Crippen LogP contribution in [0, 0.1) is 15.5 Å². The third kappa shape index (κ3) is 4.71. The zero-order chi connectivity index (χ0) is 16.0. The molecular weight excluding hydrogens is 276 g/mol. The van der Waals surface area contributed by atoms with Gasteiger partial charge in [0.2, 0.25) is 0 Å². The van der Waals surface area contributed by atoms with Gasteiger partial charge in [-0.3, -0.25) is 14.9 Å². The number of aliphatic hydroxyl groups excluding tert-OH is 1. The number of aliphatic hydroxyl groups is 1. The zero-order valence-corrected chi connectivity index (χ0v) is 12.4. The second-order valence-electron chi connectivity index (χ2n) is 5.46. The molecule has 1 amide bonds. The van der Waals surface area contributed by atoms with Gasteiger partial charge >= 0.3 is 0 Å². The summed E-state index contributed by atoms with van der Waals surface area (Å²) in [5, 5.41) is 22.5. The number of non-ortho nitro benzene ring substituents is 1. The molecule has 0 spiro atoms. The van der Waals surface area contributed by atoms with E-state index in [2.05, 4.69) is 5.32 Å². The molecule has 1 rings (SSSR count). The van der Waals surface area contributed by atoms with E-state index in [1.54, 1.807) is 0 Å². The Labute approximate surface area is 123 Å². The maximum Gasteiger partial charge on any atom is 0.270 e. The summed E-state index contributed by atoms with van der Waals surface area (Å²) in [5.41, 5.74) is -0.319. The second kappa shape index (κ2) is 7.03. The largest absolute Gasteiger partial charge is 0.496 e. The summed E-state index contributed by atoms with van der Waals surface area (Å²) in [7, 11) is 1.40. The number of rotatable bonds is 7. The Hall–Kier alpha value is -2.15. The number of carbonyl (C=O) groups is 1. The highest BCUT2D eigenvalue weighted by Crippen LogP contribution is 2.24. The van der Waals surface area contributed by atoms with Crippen LogP contribution in [0.5, 0.6) is 5.75 Å². The van der Waals surface area contributed by atoms with Gasteiger partial charge < -0.3 is 15.2 Å². The van der Waals surface area contributed by atoms with Crippen LogP contribution in [-0.2, 0) is 0 Å². The van der Waals surface area contributed by atoms with E-state index in [9.17, 15) is 14.9 Å². The topological polar surface area (TPSA) is 102 Å². The van der Waals surface area contributed by atoms with Crippen molar-refractivity contribution in [3.05, 3.63) is 33.9 Å². The lowest BCUT2D eigenvalue weighted by Crippen LogP contribution is -2.34. The molecule has 0 radical (unpaired) electrons. The lowest BCUT2D eigenvalue weighted by molar-refractivity contribution is -0.384. The van der Waals surface area contributed by atoms with E-state index in [1.807, 2.05) is 13.8 Å². The molecule has 0 bridgehead atoms. The molecule has 0 fully saturated rings. The molecular formula is C14H20N2O5. The molecule has 116 valence electrons. The van der Waals surface area contributed by atoms with Crippen molar-refractivity contribution in [1.29, 1.82) is 0 Å². The number of nitrogens with one attached hydrogen (secondary N) is 1. The normalized spacial score (nSPS) is 11.0. The summed E-state index contributed by atoms with van der Waals surface area (Å²) in [6.07, 6.45) is 0.541. The third-order valence-corrected chi connectivity index (χ3v) is 3.15. The van der Waals surface area contributed by atoms with Gasteiger partial charge in [0.25, 0.3) is 11.6 Å². The molecule has 1 aromatic rings. The van der Waals surface area contributed by atoms with Crippen LogP contribution in [0.2, 0.25) is 0 Å². The van der Waals surface area contributed by atoms with Gasteiger partial charge in [-0.25, -0.2) is 0 Å². The van der Waals surface area contributed by atoms with Crippen molar-refractivity contribution in [1.82, 2.24) is 5.32 Å². The van der Waals surface area contributed by atoms with Crippen molar-refractivity contribution < 1.29 is 19.6 Å². The van der Waals surface area contributed by atoms with Gasteiger partial charge in [0.15, 0.2) is 0 Å². The minimum absolute atomic E-state index is 0.0308. The molecule has 7 nitrogen and oxygen atoms in total. The fourth-order valence-electron chi connectivity index (χ4n) is 1.79. The third-order valence-electron chi connectivity index (χ3n) is 3.15. The Kier molecular flexibility index (Phi) is 5.66. The Bertz CT molecular complexity index is 528. The highest BCUT2D eigenvalue weighted by molar-refractivity contribution is 5.97. The predicted octanol–water partition coefficient (Wildman–Crippen LogP) is 1.74. The van der Waals surface area contributed by atoms with Gasteiger partial charge in [0.1, 0.15) is 5.75 Å². The van der Waals surface area contributed by atoms with E-state index in [4.69, 9.17) is 9.84 Å². The van der Waals surface area contributed by atoms with Gasteiger partial charge in [0.05, 0.1) is 17.6 Å². The predicted molar refractivity (Wildman–Crippen MR) is 77.5 cm³/mol. The first-order valence-electron chi connectivity index (χ1n) is 6.52. The fourth-order valence-corrected chi connectivity index (χ4v) is 1.79. The summed E-state index contributed by atoms with van der Waals surface area (Å²) >= 11 is 0. The number of ether oxygens (including phenoxy) is 1. The van der Waals surface area contributed by atoms with E-state index >= 15 is 0 Å². The van der Waals surface area contributed by atoms with Crippen LogP contribution in [0.15, 0.2) is 18.2 Å². The van der Waals surface area contributed by atoms with Crippen LogP contribution in [-0.4, -0.2) is 36.2 Å². The SMILES string of the molecule is COc1ccc([N+](=O)[O-])cc1C(=O)NCC(C)(C)CCO. The average molecular weight is 296 g/mol. The molecule has 21 heavy (non-hydrogen) atoms. The highest BCUT2D eigenvalue weighted by atomic mass is 16.6. The van der Waals surface area contributed by atoms with Crippen molar-refractivity contribution in [3.8, 4) is 5.75 Å². The lowest BCUT2D eigenvalue weighted by Gasteiger charge is -2.24. The molecule has 0 unspecified atom stereocenters. The maximum absolute atomic E-state index is 12.2. The van der Waals surface area contributed by atoms with Crippen LogP contribution < -0.4 is 10.1 Å². The molecule has 0 atom stereocenters. The number of hydrogen-bond acceptors (Lipinski definition) is 5. The molecule has 2 N–H and O–H groups in total. The minimum Gasteiger partial charge on any atom is -0.496 e. The summed E-state index contributed by atoms with van der Waals surface area (Å²) in [5.74, 6) is -0.167. The highest BCUT2D eigenvalue weighted by Gasteiger charge is 2.21. The Morgan fingerprint density at radius 3 is 2.67 bits per heavy atom. The van der Waals surface area contributed by atoms with Crippen molar-refractivity contribution >= 4 is 11.6 Å². The van der Waals surface area contributed by atoms with E-state index in [0.29, 0.717) is 13.0 Å². The number of amides is 1. The number of nitro benzene ring substituents is 1. The van der Waals surface area contributed by atoms with E-state index in [1.165, 1.54) is 25.3 Å². The van der Waals surface area contributed by atoms with Gasteiger partial charge in [-0.1, -0.05) is 13.8 Å².